The number of anilines is 1. The highest BCUT2D eigenvalue weighted by atomic mass is 35.5. The Morgan fingerprint density at radius 3 is 2.48 bits per heavy atom. The highest BCUT2D eigenvalue weighted by Gasteiger charge is 2.25. The third kappa shape index (κ3) is 2.98. The molecule has 0 radical (unpaired) electrons. The van der Waals surface area contributed by atoms with Crippen LogP contribution in [0.5, 0.6) is 5.75 Å². The lowest BCUT2D eigenvalue weighted by Gasteiger charge is -2.12. The van der Waals surface area contributed by atoms with Crippen LogP contribution >= 0.6 is 11.6 Å². The molecule has 0 fully saturated rings. The SMILES string of the molecule is COc1cc(C)c(NS(=O)(=O)c2c(C)noc2C)cc1Cl. The number of aryl methyl sites for hydroxylation is 3. The normalized spacial score (nSPS) is 11.5. The fraction of sp³-hybridized carbons (Fsp3) is 0.308. The predicted molar refractivity (Wildman–Crippen MR) is 79.5 cm³/mol. The van der Waals surface area contributed by atoms with Crippen LogP contribution in [-0.4, -0.2) is 20.7 Å². The van der Waals surface area contributed by atoms with Gasteiger partial charge in [0.05, 0.1) is 17.8 Å². The van der Waals surface area contributed by atoms with Crippen LogP contribution in [-0.2, 0) is 10.0 Å². The first-order valence-electron chi connectivity index (χ1n) is 6.06. The van der Waals surface area contributed by atoms with Gasteiger partial charge in [-0.1, -0.05) is 16.8 Å². The number of rotatable bonds is 4. The van der Waals surface area contributed by atoms with Crippen LogP contribution < -0.4 is 9.46 Å². The zero-order chi connectivity index (χ0) is 15.8. The summed E-state index contributed by atoms with van der Waals surface area (Å²) in [7, 11) is -2.30. The maximum Gasteiger partial charge on any atom is 0.267 e. The van der Waals surface area contributed by atoms with Crippen molar-refractivity contribution < 1.29 is 17.7 Å². The number of hydrogen-bond donors (Lipinski definition) is 1. The Morgan fingerprint density at radius 1 is 1.29 bits per heavy atom. The molecule has 2 rings (SSSR count). The van der Waals surface area contributed by atoms with E-state index in [1.54, 1.807) is 26.8 Å². The minimum atomic E-state index is -3.80. The van der Waals surface area contributed by atoms with Gasteiger partial charge in [0.2, 0.25) is 0 Å². The Labute approximate surface area is 128 Å². The number of methoxy groups -OCH3 is 1. The van der Waals surface area contributed by atoms with Gasteiger partial charge in [-0.2, -0.15) is 0 Å². The van der Waals surface area contributed by atoms with E-state index in [-0.39, 0.29) is 10.7 Å². The van der Waals surface area contributed by atoms with E-state index in [1.807, 2.05) is 0 Å². The topological polar surface area (TPSA) is 81.4 Å². The fourth-order valence-electron chi connectivity index (χ4n) is 1.98. The lowest BCUT2D eigenvalue weighted by atomic mass is 10.2. The predicted octanol–water partition coefficient (Wildman–Crippen LogP) is 3.06. The number of aromatic nitrogens is 1. The highest BCUT2D eigenvalue weighted by molar-refractivity contribution is 7.92. The number of halogens is 1. The van der Waals surface area contributed by atoms with Crippen LogP contribution in [0.3, 0.4) is 0 Å². The van der Waals surface area contributed by atoms with Crippen molar-refractivity contribution in [2.75, 3.05) is 11.8 Å². The van der Waals surface area contributed by atoms with Crippen molar-refractivity contribution in [2.24, 2.45) is 0 Å². The maximum atomic E-state index is 12.4. The van der Waals surface area contributed by atoms with Crippen molar-refractivity contribution in [2.45, 2.75) is 25.7 Å². The number of nitrogens with zero attached hydrogens (tertiary/aromatic N) is 1. The summed E-state index contributed by atoms with van der Waals surface area (Å²) in [6.07, 6.45) is 0. The van der Waals surface area contributed by atoms with Crippen molar-refractivity contribution in [1.82, 2.24) is 5.16 Å². The van der Waals surface area contributed by atoms with E-state index in [0.29, 0.717) is 27.7 Å². The average Bonchev–Trinajstić information content (AvgIpc) is 2.73. The molecule has 0 aliphatic heterocycles. The molecule has 6 nitrogen and oxygen atoms in total. The molecule has 0 amide bonds. The zero-order valence-corrected chi connectivity index (χ0v) is 13.6. The van der Waals surface area contributed by atoms with Gasteiger partial charge in [0.25, 0.3) is 10.0 Å². The number of nitrogens with one attached hydrogen (secondary N) is 1. The summed E-state index contributed by atoms with van der Waals surface area (Å²) in [5.74, 6) is 0.715. The molecule has 1 aromatic carbocycles. The molecule has 1 aromatic heterocycles. The molecular formula is C13H15ClN2O4S. The summed E-state index contributed by atoms with van der Waals surface area (Å²) in [4.78, 5) is 0.0360. The van der Waals surface area contributed by atoms with Crippen LogP contribution in [0.1, 0.15) is 17.0 Å². The third-order valence-electron chi connectivity index (χ3n) is 2.98. The molecular weight excluding hydrogens is 316 g/mol. The summed E-state index contributed by atoms with van der Waals surface area (Å²) in [5.41, 5.74) is 1.37. The van der Waals surface area contributed by atoms with Crippen LogP contribution in [0.25, 0.3) is 0 Å². The Kier molecular flexibility index (Phi) is 4.15. The van der Waals surface area contributed by atoms with E-state index in [9.17, 15) is 8.42 Å². The standard InChI is InChI=1S/C13H15ClN2O4S/c1-7-5-12(19-4)10(14)6-11(7)16-21(17,18)13-8(2)15-20-9(13)3/h5-6,16H,1-4H3. The summed E-state index contributed by atoms with van der Waals surface area (Å²) in [6.45, 7) is 4.87. The molecule has 2 aromatic rings. The van der Waals surface area contributed by atoms with Gasteiger partial charge in [0, 0.05) is 0 Å². The second kappa shape index (κ2) is 5.57. The molecule has 114 valence electrons. The minimum Gasteiger partial charge on any atom is -0.495 e. The fourth-order valence-corrected chi connectivity index (χ4v) is 3.67. The molecule has 1 heterocycles. The molecule has 0 spiro atoms. The first kappa shape index (κ1) is 15.7. The summed E-state index contributed by atoms with van der Waals surface area (Å²) >= 11 is 6.03. The van der Waals surface area contributed by atoms with Crippen molar-refractivity contribution >= 4 is 27.3 Å². The lowest BCUT2D eigenvalue weighted by molar-refractivity contribution is 0.390. The van der Waals surface area contributed by atoms with Gasteiger partial charge >= 0.3 is 0 Å². The molecule has 0 unspecified atom stereocenters. The van der Waals surface area contributed by atoms with Gasteiger partial charge in [-0.25, -0.2) is 8.42 Å². The summed E-state index contributed by atoms with van der Waals surface area (Å²) in [5, 5.41) is 3.97. The molecule has 21 heavy (non-hydrogen) atoms. The lowest BCUT2D eigenvalue weighted by Crippen LogP contribution is -2.15. The van der Waals surface area contributed by atoms with Crippen LogP contribution in [0.15, 0.2) is 21.6 Å². The molecule has 8 heteroatoms. The smallest absolute Gasteiger partial charge is 0.267 e. The van der Waals surface area contributed by atoms with Gasteiger partial charge in [-0.3, -0.25) is 4.72 Å². The van der Waals surface area contributed by atoms with E-state index < -0.39 is 10.0 Å². The third-order valence-corrected chi connectivity index (χ3v) is 4.88. The van der Waals surface area contributed by atoms with Gasteiger partial charge in [-0.05, 0) is 38.5 Å². The maximum absolute atomic E-state index is 12.4. The number of ether oxygens (including phenoxy) is 1. The van der Waals surface area contributed by atoms with Crippen molar-refractivity contribution in [3.05, 3.63) is 34.2 Å². The van der Waals surface area contributed by atoms with Crippen molar-refractivity contribution in [3.63, 3.8) is 0 Å². The molecule has 0 aliphatic carbocycles. The molecule has 0 saturated heterocycles. The first-order chi connectivity index (χ1) is 9.76. The molecule has 0 atom stereocenters. The van der Waals surface area contributed by atoms with Gasteiger partial charge in [0.15, 0.2) is 10.7 Å². The summed E-state index contributed by atoms with van der Waals surface area (Å²) < 4.78 is 37.4. The Balaban J connectivity index is 2.45. The van der Waals surface area contributed by atoms with Crippen molar-refractivity contribution in [1.29, 1.82) is 0 Å². The second-order valence-corrected chi connectivity index (χ2v) is 6.59. The van der Waals surface area contributed by atoms with E-state index in [4.69, 9.17) is 20.9 Å². The quantitative estimate of drug-likeness (QED) is 0.931. The molecule has 0 saturated carbocycles. The van der Waals surface area contributed by atoms with E-state index in [1.165, 1.54) is 13.2 Å². The van der Waals surface area contributed by atoms with Gasteiger partial charge in [-0.15, -0.1) is 0 Å². The highest BCUT2D eigenvalue weighted by Crippen LogP contribution is 2.32. The second-order valence-electron chi connectivity index (χ2n) is 4.56. The van der Waals surface area contributed by atoms with Crippen LogP contribution in [0, 0.1) is 20.8 Å². The van der Waals surface area contributed by atoms with Gasteiger partial charge in [0.1, 0.15) is 11.4 Å². The minimum absolute atomic E-state index is 0.0360. The number of benzene rings is 1. The summed E-state index contributed by atoms with van der Waals surface area (Å²) in [6, 6.07) is 3.17. The number of sulfonamides is 1. The largest absolute Gasteiger partial charge is 0.495 e. The van der Waals surface area contributed by atoms with Gasteiger partial charge < -0.3 is 9.26 Å². The van der Waals surface area contributed by atoms with Crippen LogP contribution in [0.4, 0.5) is 5.69 Å². The molecule has 1 N–H and O–H groups in total. The molecule has 0 aliphatic rings. The molecule has 0 bridgehead atoms. The Bertz CT molecular complexity index is 764. The van der Waals surface area contributed by atoms with Crippen LogP contribution in [0.2, 0.25) is 5.02 Å². The Morgan fingerprint density at radius 2 is 1.95 bits per heavy atom. The monoisotopic (exact) mass is 330 g/mol. The first-order valence-corrected chi connectivity index (χ1v) is 7.92. The van der Waals surface area contributed by atoms with E-state index >= 15 is 0 Å². The van der Waals surface area contributed by atoms with E-state index in [2.05, 4.69) is 9.88 Å². The van der Waals surface area contributed by atoms with Crippen molar-refractivity contribution in [3.8, 4) is 5.75 Å². The zero-order valence-electron chi connectivity index (χ0n) is 12.0. The Hall–Kier alpha value is -1.73. The number of hydrogen-bond acceptors (Lipinski definition) is 5. The average molecular weight is 331 g/mol. The van der Waals surface area contributed by atoms with E-state index in [0.717, 1.165) is 0 Å².